The molecule has 0 fully saturated rings. The van der Waals surface area contributed by atoms with Crippen LogP contribution in [0.15, 0.2) is 12.1 Å². The van der Waals surface area contributed by atoms with Gasteiger partial charge in [0.15, 0.2) is 0 Å². The van der Waals surface area contributed by atoms with E-state index in [2.05, 4.69) is 9.72 Å². The second kappa shape index (κ2) is 4.18. The summed E-state index contributed by atoms with van der Waals surface area (Å²) in [6.45, 7) is 0. The van der Waals surface area contributed by atoms with Gasteiger partial charge in [-0.15, -0.1) is 0 Å². The molecule has 13 heavy (non-hydrogen) atoms. The molecule has 0 saturated carbocycles. The molecular formula is C8H7ClFNO2. The summed E-state index contributed by atoms with van der Waals surface area (Å²) >= 11 is 5.47. The third kappa shape index (κ3) is 2.99. The fourth-order valence-corrected chi connectivity index (χ4v) is 1.04. The molecule has 0 aliphatic rings. The number of rotatable bonds is 2. The average molecular weight is 204 g/mol. The Morgan fingerprint density at radius 2 is 2.38 bits per heavy atom. The van der Waals surface area contributed by atoms with Crippen LogP contribution in [0.2, 0.25) is 5.15 Å². The third-order valence-corrected chi connectivity index (χ3v) is 1.56. The summed E-state index contributed by atoms with van der Waals surface area (Å²) in [5, 5.41) is 0.0268. The highest BCUT2D eigenvalue weighted by atomic mass is 35.5. The van der Waals surface area contributed by atoms with E-state index in [9.17, 15) is 9.18 Å². The SMILES string of the molecule is COC(=O)Cc1cc(F)cc(Cl)n1. The first-order valence-electron chi connectivity index (χ1n) is 3.50. The standard InChI is InChI=1S/C8H7ClFNO2/c1-13-8(12)4-6-2-5(10)3-7(9)11-6/h2-3H,4H2,1H3. The van der Waals surface area contributed by atoms with Crippen molar-refractivity contribution in [2.45, 2.75) is 6.42 Å². The van der Waals surface area contributed by atoms with E-state index < -0.39 is 11.8 Å². The van der Waals surface area contributed by atoms with Crippen LogP contribution in [0.5, 0.6) is 0 Å². The fraction of sp³-hybridized carbons (Fsp3) is 0.250. The van der Waals surface area contributed by atoms with E-state index in [1.165, 1.54) is 7.11 Å². The van der Waals surface area contributed by atoms with Crippen molar-refractivity contribution in [3.8, 4) is 0 Å². The zero-order chi connectivity index (χ0) is 9.84. The molecule has 3 nitrogen and oxygen atoms in total. The number of nitrogens with zero attached hydrogens (tertiary/aromatic N) is 1. The Bertz CT molecular complexity index is 310. The molecule has 0 atom stereocenters. The Hall–Kier alpha value is -1.16. The summed E-state index contributed by atoms with van der Waals surface area (Å²) in [4.78, 5) is 14.5. The van der Waals surface area contributed by atoms with Crippen LogP contribution in [0.25, 0.3) is 0 Å². The number of esters is 1. The van der Waals surface area contributed by atoms with Crippen molar-refractivity contribution in [1.29, 1.82) is 0 Å². The molecule has 5 heteroatoms. The maximum atomic E-state index is 12.7. The maximum Gasteiger partial charge on any atom is 0.311 e. The van der Waals surface area contributed by atoms with Gasteiger partial charge in [-0.1, -0.05) is 11.6 Å². The molecule has 0 saturated heterocycles. The highest BCUT2D eigenvalue weighted by Crippen LogP contribution is 2.09. The minimum Gasteiger partial charge on any atom is -0.469 e. The van der Waals surface area contributed by atoms with Gasteiger partial charge in [-0.2, -0.15) is 0 Å². The van der Waals surface area contributed by atoms with E-state index in [0.29, 0.717) is 0 Å². The highest BCUT2D eigenvalue weighted by Gasteiger charge is 2.06. The molecule has 0 spiro atoms. The van der Waals surface area contributed by atoms with Crippen LogP contribution in [0, 0.1) is 5.82 Å². The van der Waals surface area contributed by atoms with E-state index in [1.54, 1.807) is 0 Å². The molecule has 1 aromatic heterocycles. The number of aromatic nitrogens is 1. The van der Waals surface area contributed by atoms with Gasteiger partial charge in [-0.05, 0) is 6.07 Å². The van der Waals surface area contributed by atoms with E-state index in [4.69, 9.17) is 11.6 Å². The van der Waals surface area contributed by atoms with Crippen LogP contribution >= 0.6 is 11.6 Å². The van der Waals surface area contributed by atoms with Gasteiger partial charge in [0.2, 0.25) is 0 Å². The summed E-state index contributed by atoms with van der Waals surface area (Å²) in [6.07, 6.45) is -0.0754. The lowest BCUT2D eigenvalue weighted by atomic mass is 10.3. The summed E-state index contributed by atoms with van der Waals surface area (Å²) < 4.78 is 17.1. The van der Waals surface area contributed by atoms with Gasteiger partial charge in [0.1, 0.15) is 11.0 Å². The van der Waals surface area contributed by atoms with Crippen molar-refractivity contribution < 1.29 is 13.9 Å². The lowest BCUT2D eigenvalue weighted by molar-refractivity contribution is -0.139. The zero-order valence-corrected chi connectivity index (χ0v) is 7.64. The predicted molar refractivity (Wildman–Crippen MR) is 44.9 cm³/mol. The molecule has 0 aromatic carbocycles. The van der Waals surface area contributed by atoms with Crippen LogP contribution in [0.4, 0.5) is 4.39 Å². The number of carbonyl (C=O) groups is 1. The molecule has 0 N–H and O–H groups in total. The maximum absolute atomic E-state index is 12.7. The number of methoxy groups -OCH3 is 1. The fourth-order valence-electron chi connectivity index (χ4n) is 0.827. The number of hydrogen-bond acceptors (Lipinski definition) is 3. The van der Waals surface area contributed by atoms with Crippen LogP contribution in [-0.2, 0) is 16.0 Å². The quantitative estimate of drug-likeness (QED) is 0.541. The van der Waals surface area contributed by atoms with Crippen molar-refractivity contribution >= 4 is 17.6 Å². The molecule has 0 unspecified atom stereocenters. The molecule has 0 aliphatic carbocycles. The van der Waals surface area contributed by atoms with Gasteiger partial charge in [-0.25, -0.2) is 9.37 Å². The van der Waals surface area contributed by atoms with Crippen molar-refractivity contribution in [2.75, 3.05) is 7.11 Å². The largest absolute Gasteiger partial charge is 0.469 e. The second-order valence-electron chi connectivity index (χ2n) is 2.35. The third-order valence-electron chi connectivity index (χ3n) is 1.37. The summed E-state index contributed by atoms with van der Waals surface area (Å²) in [6, 6.07) is 2.21. The Morgan fingerprint density at radius 1 is 1.69 bits per heavy atom. The first-order valence-corrected chi connectivity index (χ1v) is 3.88. The molecule has 1 rings (SSSR count). The van der Waals surface area contributed by atoms with Gasteiger partial charge in [0.05, 0.1) is 19.2 Å². The monoisotopic (exact) mass is 203 g/mol. The lowest BCUT2D eigenvalue weighted by Crippen LogP contribution is -2.06. The van der Waals surface area contributed by atoms with Gasteiger partial charge in [0, 0.05) is 6.07 Å². The topological polar surface area (TPSA) is 39.2 Å². The lowest BCUT2D eigenvalue weighted by Gasteiger charge is -1.99. The van der Waals surface area contributed by atoms with E-state index >= 15 is 0 Å². The van der Waals surface area contributed by atoms with Gasteiger partial charge in [0.25, 0.3) is 0 Å². The van der Waals surface area contributed by atoms with Crippen molar-refractivity contribution in [3.05, 3.63) is 28.8 Å². The smallest absolute Gasteiger partial charge is 0.311 e. The van der Waals surface area contributed by atoms with Crippen molar-refractivity contribution in [3.63, 3.8) is 0 Å². The first-order chi connectivity index (χ1) is 6.11. The Labute approximate surface area is 79.5 Å². The number of carbonyl (C=O) groups excluding carboxylic acids is 1. The van der Waals surface area contributed by atoms with Crippen molar-refractivity contribution in [1.82, 2.24) is 4.98 Å². The van der Waals surface area contributed by atoms with E-state index in [-0.39, 0.29) is 17.3 Å². The van der Waals surface area contributed by atoms with Gasteiger partial charge >= 0.3 is 5.97 Å². The summed E-state index contributed by atoms with van der Waals surface area (Å²) in [5.74, 6) is -0.993. The molecule has 0 aliphatic heterocycles. The van der Waals surface area contributed by atoms with Crippen molar-refractivity contribution in [2.24, 2.45) is 0 Å². The average Bonchev–Trinajstić information content (AvgIpc) is 2.02. The first kappa shape index (κ1) is 9.92. The Balaban J connectivity index is 2.83. The van der Waals surface area contributed by atoms with Crippen LogP contribution < -0.4 is 0 Å². The van der Waals surface area contributed by atoms with E-state index in [1.807, 2.05) is 0 Å². The minimum absolute atomic E-state index is 0.0268. The van der Waals surface area contributed by atoms with Crippen LogP contribution in [-0.4, -0.2) is 18.1 Å². The Morgan fingerprint density at radius 3 is 2.92 bits per heavy atom. The molecule has 0 radical (unpaired) electrons. The second-order valence-corrected chi connectivity index (χ2v) is 2.74. The number of ether oxygens (including phenoxy) is 1. The molecule has 0 bridgehead atoms. The molecule has 1 heterocycles. The summed E-state index contributed by atoms with van der Waals surface area (Å²) in [7, 11) is 1.25. The van der Waals surface area contributed by atoms with E-state index in [0.717, 1.165) is 12.1 Å². The molecular weight excluding hydrogens is 197 g/mol. The normalized spacial score (nSPS) is 9.77. The minimum atomic E-state index is -0.515. The molecule has 0 amide bonds. The summed E-state index contributed by atoms with van der Waals surface area (Å²) in [5.41, 5.74) is 0.261. The number of hydrogen-bond donors (Lipinski definition) is 0. The highest BCUT2D eigenvalue weighted by molar-refractivity contribution is 6.29. The van der Waals surface area contributed by atoms with Gasteiger partial charge in [-0.3, -0.25) is 4.79 Å². The Kier molecular flexibility index (Phi) is 3.19. The van der Waals surface area contributed by atoms with Crippen LogP contribution in [0.3, 0.4) is 0 Å². The number of pyridine rings is 1. The zero-order valence-electron chi connectivity index (χ0n) is 6.88. The molecule has 70 valence electrons. The van der Waals surface area contributed by atoms with Crippen LogP contribution in [0.1, 0.15) is 5.69 Å². The number of halogens is 2. The molecule has 1 aromatic rings. The predicted octanol–water partition coefficient (Wildman–Crippen LogP) is 1.59. The van der Waals surface area contributed by atoms with Gasteiger partial charge < -0.3 is 4.74 Å².